The van der Waals surface area contributed by atoms with Crippen LogP contribution in [0.4, 0.5) is 5.69 Å². The van der Waals surface area contributed by atoms with Crippen molar-refractivity contribution in [2.45, 2.75) is 33.4 Å². The third kappa shape index (κ3) is 3.38. The molecule has 0 amide bonds. The first kappa shape index (κ1) is 15.0. The number of pyridine rings is 1. The van der Waals surface area contributed by atoms with Gasteiger partial charge in [0, 0.05) is 41.6 Å². The molecule has 0 saturated heterocycles. The smallest absolute Gasteiger partial charge is 0.0603 e. The zero-order valence-corrected chi connectivity index (χ0v) is 13.5. The third-order valence-electron chi connectivity index (χ3n) is 3.58. The Morgan fingerprint density at radius 2 is 2.25 bits per heavy atom. The van der Waals surface area contributed by atoms with Gasteiger partial charge < -0.3 is 10.2 Å². The highest BCUT2D eigenvalue weighted by Gasteiger charge is 2.16. The summed E-state index contributed by atoms with van der Waals surface area (Å²) < 4.78 is 0. The molecule has 4 heteroatoms. The van der Waals surface area contributed by atoms with Crippen LogP contribution in [0.2, 0.25) is 0 Å². The molecule has 1 atom stereocenters. The van der Waals surface area contributed by atoms with Crippen molar-refractivity contribution in [3.63, 3.8) is 0 Å². The minimum absolute atomic E-state index is 0.372. The molecular weight excluding hydrogens is 266 g/mol. The van der Waals surface area contributed by atoms with E-state index >= 15 is 0 Å². The lowest BCUT2D eigenvalue weighted by atomic mass is 10.1. The summed E-state index contributed by atoms with van der Waals surface area (Å²) >= 11 is 1.81. The van der Waals surface area contributed by atoms with Crippen LogP contribution in [0.15, 0.2) is 29.8 Å². The number of thiophene rings is 1. The van der Waals surface area contributed by atoms with Crippen molar-refractivity contribution < 1.29 is 0 Å². The lowest BCUT2D eigenvalue weighted by molar-refractivity contribution is 0.705. The molecule has 108 valence electrons. The normalized spacial score (nSPS) is 12.4. The minimum Gasteiger partial charge on any atom is -0.367 e. The van der Waals surface area contributed by atoms with Gasteiger partial charge in [-0.3, -0.25) is 4.98 Å². The Bertz CT molecular complexity index is 537. The molecule has 2 rings (SSSR count). The maximum atomic E-state index is 4.43. The van der Waals surface area contributed by atoms with Gasteiger partial charge in [-0.2, -0.15) is 0 Å². The van der Waals surface area contributed by atoms with Gasteiger partial charge in [0.25, 0.3) is 0 Å². The first-order valence-corrected chi connectivity index (χ1v) is 7.94. The topological polar surface area (TPSA) is 28.2 Å². The lowest BCUT2D eigenvalue weighted by Crippen LogP contribution is -2.24. The molecule has 2 aromatic rings. The summed E-state index contributed by atoms with van der Waals surface area (Å²) in [6, 6.07) is 6.86. The van der Waals surface area contributed by atoms with Gasteiger partial charge >= 0.3 is 0 Å². The van der Waals surface area contributed by atoms with Gasteiger partial charge in [-0.1, -0.05) is 13.0 Å². The molecule has 0 aliphatic heterocycles. The van der Waals surface area contributed by atoms with Gasteiger partial charge in [0.15, 0.2) is 0 Å². The monoisotopic (exact) mass is 289 g/mol. The predicted octanol–water partition coefficient (Wildman–Crippen LogP) is 3.76. The van der Waals surface area contributed by atoms with Crippen molar-refractivity contribution in [2.75, 3.05) is 18.5 Å². The zero-order chi connectivity index (χ0) is 14.5. The highest BCUT2D eigenvalue weighted by molar-refractivity contribution is 7.10. The van der Waals surface area contributed by atoms with Crippen LogP contribution in [-0.4, -0.2) is 18.6 Å². The number of aryl methyl sites for hydroxylation is 1. The van der Waals surface area contributed by atoms with Crippen LogP contribution in [0.5, 0.6) is 0 Å². The van der Waals surface area contributed by atoms with Crippen molar-refractivity contribution >= 4 is 17.0 Å². The maximum Gasteiger partial charge on any atom is 0.0603 e. The fraction of sp³-hybridized carbons (Fsp3) is 0.438. The number of anilines is 1. The lowest BCUT2D eigenvalue weighted by Gasteiger charge is -2.28. The standard InChI is InChI=1S/C16H23N3S/c1-5-17-10-14-11-18-12(2)9-15(14)19(4)13(3)16-7-6-8-20-16/h6-9,11,13,17H,5,10H2,1-4H3. The molecule has 0 aromatic carbocycles. The molecule has 0 aliphatic carbocycles. The Balaban J connectivity index is 2.27. The van der Waals surface area contributed by atoms with Crippen LogP contribution in [-0.2, 0) is 6.54 Å². The van der Waals surface area contributed by atoms with Crippen LogP contribution in [0, 0.1) is 6.92 Å². The average Bonchev–Trinajstić information content (AvgIpc) is 2.98. The largest absolute Gasteiger partial charge is 0.367 e. The molecule has 1 unspecified atom stereocenters. The van der Waals surface area contributed by atoms with Crippen LogP contribution >= 0.6 is 11.3 Å². The second-order valence-electron chi connectivity index (χ2n) is 5.04. The summed E-state index contributed by atoms with van der Waals surface area (Å²) in [5, 5.41) is 5.52. The molecule has 0 aliphatic rings. The molecule has 3 nitrogen and oxygen atoms in total. The molecule has 0 saturated carbocycles. The molecule has 0 bridgehead atoms. The number of hydrogen-bond acceptors (Lipinski definition) is 4. The Morgan fingerprint density at radius 3 is 2.90 bits per heavy atom. The number of nitrogens with one attached hydrogen (secondary N) is 1. The summed E-state index contributed by atoms with van der Waals surface area (Å²) in [5.41, 5.74) is 3.58. The van der Waals surface area contributed by atoms with E-state index in [1.165, 1.54) is 16.1 Å². The fourth-order valence-corrected chi connectivity index (χ4v) is 3.05. The number of aromatic nitrogens is 1. The molecule has 0 spiro atoms. The van der Waals surface area contributed by atoms with Crippen LogP contribution in [0.3, 0.4) is 0 Å². The minimum atomic E-state index is 0.372. The van der Waals surface area contributed by atoms with Crippen LogP contribution in [0.25, 0.3) is 0 Å². The van der Waals surface area contributed by atoms with E-state index in [0.29, 0.717) is 6.04 Å². The molecule has 2 aromatic heterocycles. The Hall–Kier alpha value is -1.39. The van der Waals surface area contributed by atoms with E-state index < -0.39 is 0 Å². The number of nitrogens with zero attached hydrogens (tertiary/aromatic N) is 2. The fourth-order valence-electron chi connectivity index (χ4n) is 2.23. The van der Waals surface area contributed by atoms with E-state index in [1.54, 1.807) is 0 Å². The highest BCUT2D eigenvalue weighted by atomic mass is 32.1. The third-order valence-corrected chi connectivity index (χ3v) is 4.62. The SMILES string of the molecule is CCNCc1cnc(C)cc1N(C)C(C)c1cccs1. The summed E-state index contributed by atoms with van der Waals surface area (Å²) in [4.78, 5) is 8.16. The number of hydrogen-bond donors (Lipinski definition) is 1. The Labute approximate surface area is 125 Å². The van der Waals surface area contributed by atoms with Crippen molar-refractivity contribution in [1.82, 2.24) is 10.3 Å². The first-order valence-electron chi connectivity index (χ1n) is 7.06. The Morgan fingerprint density at radius 1 is 1.45 bits per heavy atom. The molecule has 0 fully saturated rings. The van der Waals surface area contributed by atoms with Gasteiger partial charge in [-0.25, -0.2) is 0 Å². The molecule has 1 N–H and O–H groups in total. The summed E-state index contributed by atoms with van der Waals surface area (Å²) in [5.74, 6) is 0. The summed E-state index contributed by atoms with van der Waals surface area (Å²) in [6.07, 6.45) is 1.99. The van der Waals surface area contributed by atoms with Crippen molar-refractivity contribution in [1.29, 1.82) is 0 Å². The first-order chi connectivity index (χ1) is 9.63. The van der Waals surface area contributed by atoms with Crippen molar-refractivity contribution in [2.24, 2.45) is 0 Å². The molecule has 20 heavy (non-hydrogen) atoms. The Kier molecular flexibility index (Phi) is 5.15. The van der Waals surface area contributed by atoms with Gasteiger partial charge in [0.2, 0.25) is 0 Å². The summed E-state index contributed by atoms with van der Waals surface area (Å²) in [7, 11) is 2.16. The van der Waals surface area contributed by atoms with E-state index in [4.69, 9.17) is 0 Å². The van der Waals surface area contributed by atoms with Gasteiger partial charge in [0.1, 0.15) is 0 Å². The van der Waals surface area contributed by atoms with E-state index in [-0.39, 0.29) is 0 Å². The van der Waals surface area contributed by atoms with Crippen LogP contribution < -0.4 is 10.2 Å². The van der Waals surface area contributed by atoms with Gasteiger partial charge in [-0.05, 0) is 37.9 Å². The highest BCUT2D eigenvalue weighted by Crippen LogP contribution is 2.30. The van der Waals surface area contributed by atoms with Crippen molar-refractivity contribution in [3.8, 4) is 0 Å². The average molecular weight is 289 g/mol. The van der Waals surface area contributed by atoms with E-state index in [2.05, 4.69) is 59.7 Å². The van der Waals surface area contributed by atoms with E-state index in [0.717, 1.165) is 18.8 Å². The molecule has 0 radical (unpaired) electrons. The van der Waals surface area contributed by atoms with Gasteiger partial charge in [-0.15, -0.1) is 11.3 Å². The second kappa shape index (κ2) is 6.86. The quantitative estimate of drug-likeness (QED) is 0.877. The maximum absolute atomic E-state index is 4.43. The van der Waals surface area contributed by atoms with E-state index in [1.807, 2.05) is 24.5 Å². The van der Waals surface area contributed by atoms with E-state index in [9.17, 15) is 0 Å². The van der Waals surface area contributed by atoms with Crippen molar-refractivity contribution in [3.05, 3.63) is 45.9 Å². The molecular formula is C16H23N3S. The zero-order valence-electron chi connectivity index (χ0n) is 12.7. The second-order valence-corrected chi connectivity index (χ2v) is 6.02. The summed E-state index contributed by atoms with van der Waals surface area (Å²) in [6.45, 7) is 8.25. The molecule has 2 heterocycles. The number of rotatable bonds is 6. The van der Waals surface area contributed by atoms with Gasteiger partial charge in [0.05, 0.1) is 6.04 Å². The predicted molar refractivity (Wildman–Crippen MR) is 87.5 cm³/mol. The van der Waals surface area contributed by atoms with Crippen LogP contribution in [0.1, 0.15) is 36.0 Å².